The van der Waals surface area contributed by atoms with E-state index in [4.69, 9.17) is 4.98 Å². The van der Waals surface area contributed by atoms with Gasteiger partial charge in [0.25, 0.3) is 0 Å². The summed E-state index contributed by atoms with van der Waals surface area (Å²) in [6.45, 7) is 10.8. The molecular formula is C18H25N3. The van der Waals surface area contributed by atoms with Crippen LogP contribution in [0.25, 0.3) is 0 Å². The highest BCUT2D eigenvalue weighted by atomic mass is 15.0. The average molecular weight is 283 g/mol. The molecule has 2 aromatic rings. The van der Waals surface area contributed by atoms with E-state index in [-0.39, 0.29) is 5.41 Å². The molecule has 0 bridgehead atoms. The van der Waals surface area contributed by atoms with E-state index in [1.54, 1.807) is 0 Å². The number of aromatic nitrogens is 2. The third-order valence-electron chi connectivity index (χ3n) is 3.73. The van der Waals surface area contributed by atoms with Gasteiger partial charge in [0.1, 0.15) is 11.6 Å². The Balaban J connectivity index is 2.36. The van der Waals surface area contributed by atoms with Crippen LogP contribution >= 0.6 is 0 Å². The summed E-state index contributed by atoms with van der Waals surface area (Å²) in [5.41, 5.74) is 4.98. The molecule has 0 aliphatic rings. The minimum atomic E-state index is 0.0203. The van der Waals surface area contributed by atoms with Gasteiger partial charge >= 0.3 is 0 Å². The van der Waals surface area contributed by atoms with Gasteiger partial charge in [-0.15, -0.1) is 0 Å². The summed E-state index contributed by atoms with van der Waals surface area (Å²) < 4.78 is 0. The normalized spacial score (nSPS) is 11.5. The smallest absolute Gasteiger partial charge is 0.135 e. The molecule has 0 saturated heterocycles. The van der Waals surface area contributed by atoms with Crippen LogP contribution in [-0.4, -0.2) is 17.0 Å². The lowest BCUT2D eigenvalue weighted by molar-refractivity contribution is 0.563. The Kier molecular flexibility index (Phi) is 4.31. The maximum Gasteiger partial charge on any atom is 0.135 e. The van der Waals surface area contributed by atoms with Crippen molar-refractivity contribution in [2.24, 2.45) is 0 Å². The van der Waals surface area contributed by atoms with Gasteiger partial charge in [0.15, 0.2) is 0 Å². The van der Waals surface area contributed by atoms with Crippen LogP contribution in [0, 0.1) is 13.8 Å². The average Bonchev–Trinajstić information content (AvgIpc) is 2.41. The summed E-state index contributed by atoms with van der Waals surface area (Å²) >= 11 is 0. The van der Waals surface area contributed by atoms with Gasteiger partial charge in [0, 0.05) is 24.9 Å². The second kappa shape index (κ2) is 5.84. The van der Waals surface area contributed by atoms with Crippen LogP contribution < -0.4 is 5.32 Å². The lowest BCUT2D eigenvalue weighted by atomic mass is 9.91. The Labute approximate surface area is 127 Å². The zero-order valence-corrected chi connectivity index (χ0v) is 13.9. The van der Waals surface area contributed by atoms with E-state index >= 15 is 0 Å². The fourth-order valence-corrected chi connectivity index (χ4v) is 2.18. The minimum Gasteiger partial charge on any atom is -0.373 e. The molecule has 0 aliphatic carbocycles. The number of aryl methyl sites for hydroxylation is 2. The monoisotopic (exact) mass is 283 g/mol. The number of hydrogen-bond donors (Lipinski definition) is 1. The van der Waals surface area contributed by atoms with E-state index in [0.29, 0.717) is 0 Å². The lowest BCUT2D eigenvalue weighted by Crippen LogP contribution is -2.16. The Morgan fingerprint density at radius 1 is 1.00 bits per heavy atom. The second-order valence-electron chi connectivity index (χ2n) is 6.65. The number of nitrogens with zero attached hydrogens (tertiary/aromatic N) is 2. The predicted molar refractivity (Wildman–Crippen MR) is 89.0 cm³/mol. The van der Waals surface area contributed by atoms with E-state index < -0.39 is 0 Å². The molecule has 3 heteroatoms. The summed E-state index contributed by atoms with van der Waals surface area (Å²) in [5, 5.41) is 3.14. The fraction of sp³-hybridized carbons (Fsp3) is 0.444. The quantitative estimate of drug-likeness (QED) is 0.924. The van der Waals surface area contributed by atoms with Crippen molar-refractivity contribution in [1.82, 2.24) is 9.97 Å². The van der Waals surface area contributed by atoms with Crippen molar-refractivity contribution in [3.63, 3.8) is 0 Å². The zero-order valence-electron chi connectivity index (χ0n) is 13.9. The van der Waals surface area contributed by atoms with E-state index in [1.807, 2.05) is 13.1 Å². The van der Waals surface area contributed by atoms with Crippen molar-refractivity contribution in [3.8, 4) is 0 Å². The number of nitrogens with one attached hydrogen (secondary N) is 1. The highest BCUT2D eigenvalue weighted by Crippen LogP contribution is 2.23. The van der Waals surface area contributed by atoms with Crippen molar-refractivity contribution in [2.45, 2.75) is 46.5 Å². The number of benzene rings is 1. The second-order valence-corrected chi connectivity index (χ2v) is 6.65. The molecule has 1 N–H and O–H groups in total. The van der Waals surface area contributed by atoms with Crippen LogP contribution in [0.15, 0.2) is 24.3 Å². The van der Waals surface area contributed by atoms with Gasteiger partial charge < -0.3 is 5.32 Å². The molecule has 3 nitrogen and oxygen atoms in total. The highest BCUT2D eigenvalue weighted by molar-refractivity contribution is 5.38. The molecule has 0 atom stereocenters. The number of anilines is 1. The third kappa shape index (κ3) is 3.81. The molecule has 0 unspecified atom stereocenters. The van der Waals surface area contributed by atoms with Gasteiger partial charge in [0.2, 0.25) is 0 Å². The molecule has 21 heavy (non-hydrogen) atoms. The molecule has 0 spiro atoms. The van der Waals surface area contributed by atoms with Crippen LogP contribution in [-0.2, 0) is 11.8 Å². The third-order valence-corrected chi connectivity index (χ3v) is 3.73. The topological polar surface area (TPSA) is 37.8 Å². The lowest BCUT2D eigenvalue weighted by Gasteiger charge is -2.19. The van der Waals surface area contributed by atoms with Crippen molar-refractivity contribution >= 4 is 5.82 Å². The van der Waals surface area contributed by atoms with E-state index in [0.717, 1.165) is 23.8 Å². The summed E-state index contributed by atoms with van der Waals surface area (Å²) in [7, 11) is 1.90. The summed E-state index contributed by atoms with van der Waals surface area (Å²) in [4.78, 5) is 9.34. The number of rotatable bonds is 3. The van der Waals surface area contributed by atoms with Gasteiger partial charge in [-0.25, -0.2) is 9.97 Å². The first kappa shape index (κ1) is 15.5. The standard InChI is InChI=1S/C18H25N3/c1-12-7-8-14(9-13(12)2)10-17-20-15(18(3,4)5)11-16(19-6)21-17/h7-9,11H,10H2,1-6H3,(H,19,20,21). The minimum absolute atomic E-state index is 0.0203. The Morgan fingerprint density at radius 3 is 2.29 bits per heavy atom. The van der Waals surface area contributed by atoms with Crippen LogP contribution in [0.4, 0.5) is 5.82 Å². The fourth-order valence-electron chi connectivity index (χ4n) is 2.18. The van der Waals surface area contributed by atoms with Gasteiger partial charge in [-0.1, -0.05) is 39.0 Å². The molecule has 0 saturated carbocycles. The van der Waals surface area contributed by atoms with Crippen molar-refractivity contribution < 1.29 is 0 Å². The van der Waals surface area contributed by atoms with E-state index in [9.17, 15) is 0 Å². The van der Waals surface area contributed by atoms with Gasteiger partial charge in [0.05, 0.1) is 5.69 Å². The van der Waals surface area contributed by atoms with Gasteiger partial charge in [-0.2, -0.15) is 0 Å². The summed E-state index contributed by atoms with van der Waals surface area (Å²) in [6.07, 6.45) is 0.764. The van der Waals surface area contributed by atoms with Crippen molar-refractivity contribution in [1.29, 1.82) is 0 Å². The van der Waals surface area contributed by atoms with E-state index in [1.165, 1.54) is 16.7 Å². The maximum atomic E-state index is 4.75. The predicted octanol–water partition coefficient (Wildman–Crippen LogP) is 4.02. The Hall–Kier alpha value is -1.90. The molecule has 0 radical (unpaired) electrons. The highest BCUT2D eigenvalue weighted by Gasteiger charge is 2.18. The molecule has 1 aromatic carbocycles. The molecular weight excluding hydrogens is 258 g/mol. The molecule has 0 amide bonds. The van der Waals surface area contributed by atoms with Crippen LogP contribution in [0.3, 0.4) is 0 Å². The molecule has 1 heterocycles. The summed E-state index contributed by atoms with van der Waals surface area (Å²) in [6, 6.07) is 8.58. The largest absolute Gasteiger partial charge is 0.373 e. The molecule has 2 rings (SSSR count). The van der Waals surface area contributed by atoms with Crippen molar-refractivity contribution in [3.05, 3.63) is 52.5 Å². The molecule has 1 aromatic heterocycles. The first-order valence-corrected chi connectivity index (χ1v) is 7.42. The Morgan fingerprint density at radius 2 is 1.71 bits per heavy atom. The SMILES string of the molecule is CNc1cc(C(C)(C)C)nc(Cc2ccc(C)c(C)c2)n1. The van der Waals surface area contributed by atoms with Crippen molar-refractivity contribution in [2.75, 3.05) is 12.4 Å². The first-order chi connectivity index (χ1) is 9.79. The zero-order chi connectivity index (χ0) is 15.6. The van der Waals surface area contributed by atoms with Crippen LogP contribution in [0.5, 0.6) is 0 Å². The summed E-state index contributed by atoms with van der Waals surface area (Å²) in [5.74, 6) is 1.75. The first-order valence-electron chi connectivity index (χ1n) is 7.42. The van der Waals surface area contributed by atoms with Gasteiger partial charge in [-0.3, -0.25) is 0 Å². The molecule has 0 fully saturated rings. The molecule has 0 aliphatic heterocycles. The van der Waals surface area contributed by atoms with Crippen LogP contribution in [0.1, 0.15) is 49.0 Å². The number of hydrogen-bond acceptors (Lipinski definition) is 3. The van der Waals surface area contributed by atoms with Gasteiger partial charge in [-0.05, 0) is 30.5 Å². The van der Waals surface area contributed by atoms with Crippen LogP contribution in [0.2, 0.25) is 0 Å². The Bertz CT molecular complexity index is 639. The maximum absolute atomic E-state index is 4.75. The molecule has 112 valence electrons. The van der Waals surface area contributed by atoms with E-state index in [2.05, 4.69) is 63.1 Å².